The lowest BCUT2D eigenvalue weighted by Gasteiger charge is -2.13. The number of hydrogen-bond acceptors (Lipinski definition) is 12. The summed E-state index contributed by atoms with van der Waals surface area (Å²) in [5, 5.41) is 17.6. The van der Waals surface area contributed by atoms with Crippen LogP contribution < -0.4 is 10.6 Å². The highest BCUT2D eigenvalue weighted by Gasteiger charge is 2.14. The highest BCUT2D eigenvalue weighted by Crippen LogP contribution is 2.41. The molecule has 0 saturated heterocycles. The van der Waals surface area contributed by atoms with E-state index in [9.17, 15) is 17.5 Å². The largest absolute Gasteiger partial charge is 0.333 e. The lowest BCUT2D eigenvalue weighted by molar-refractivity contribution is 0.604. The summed E-state index contributed by atoms with van der Waals surface area (Å²) in [6.45, 7) is 7.13. The summed E-state index contributed by atoms with van der Waals surface area (Å²) >= 11 is 6.81. The molecule has 0 bridgehead atoms. The predicted molar refractivity (Wildman–Crippen MR) is 183 cm³/mol. The Hall–Kier alpha value is -4.18. The van der Waals surface area contributed by atoms with Crippen LogP contribution in [0.5, 0.6) is 0 Å². The zero-order chi connectivity index (χ0) is 32.3. The van der Waals surface area contributed by atoms with Gasteiger partial charge < -0.3 is 19.7 Å². The number of halogens is 1. The second-order valence-electron chi connectivity index (χ2n) is 9.63. The van der Waals surface area contributed by atoms with Crippen molar-refractivity contribution >= 4 is 95.5 Å². The third-order valence-corrected chi connectivity index (χ3v) is 9.47. The first-order chi connectivity index (χ1) is 21.5. The quantitative estimate of drug-likeness (QED) is 0.0636. The number of benzene rings is 4. The first-order valence-corrected chi connectivity index (χ1v) is 17.1. The van der Waals surface area contributed by atoms with Gasteiger partial charge in [-0.1, -0.05) is 18.7 Å². The molecule has 0 aliphatic carbocycles. The molecule has 11 nitrogen and oxygen atoms in total. The lowest BCUT2D eigenvalue weighted by Crippen LogP contribution is -2.04. The van der Waals surface area contributed by atoms with Crippen molar-refractivity contribution in [3.05, 3.63) is 95.1 Å². The van der Waals surface area contributed by atoms with Gasteiger partial charge in [0.1, 0.15) is 5.69 Å². The van der Waals surface area contributed by atoms with Crippen LogP contribution >= 0.6 is 34.4 Å². The molecule has 0 saturated carbocycles. The van der Waals surface area contributed by atoms with Crippen molar-refractivity contribution in [3.63, 3.8) is 0 Å². The molecule has 1 aromatic heterocycles. The van der Waals surface area contributed by atoms with Crippen molar-refractivity contribution in [3.8, 4) is 0 Å². The second kappa shape index (κ2) is 13.4. The van der Waals surface area contributed by atoms with Gasteiger partial charge in [0.2, 0.25) is 17.2 Å². The van der Waals surface area contributed by atoms with Gasteiger partial charge in [-0.05, 0) is 119 Å². The van der Waals surface area contributed by atoms with E-state index in [0.717, 1.165) is 27.3 Å². The topological polar surface area (TPSA) is 162 Å². The average Bonchev–Trinajstić information content (AvgIpc) is 3.01. The molecular formula is C30H26ClN7O4S3. The molecule has 45 heavy (non-hydrogen) atoms. The Morgan fingerprint density at radius 2 is 1.60 bits per heavy atom. The number of azo groups is 1. The third kappa shape index (κ3) is 7.39. The number of nitrogens with zero attached hydrogens (tertiary/aromatic N) is 5. The number of aryl methyl sites for hydroxylation is 2. The van der Waals surface area contributed by atoms with Gasteiger partial charge in [0.05, 0.1) is 15.5 Å². The van der Waals surface area contributed by atoms with Crippen LogP contribution in [0.3, 0.4) is 0 Å². The Balaban J connectivity index is 1.43. The van der Waals surface area contributed by atoms with Crippen molar-refractivity contribution in [1.29, 1.82) is 0 Å². The van der Waals surface area contributed by atoms with Crippen LogP contribution in [0, 0.1) is 13.8 Å². The minimum atomic E-state index is -3.55. The van der Waals surface area contributed by atoms with Gasteiger partial charge in [-0.15, -0.1) is 5.11 Å². The maximum atomic E-state index is 12.0. The summed E-state index contributed by atoms with van der Waals surface area (Å²) < 4.78 is 43.9. The Labute approximate surface area is 271 Å². The molecule has 4 N–H and O–H groups in total. The molecular weight excluding hydrogens is 654 g/mol. The Bertz CT molecular complexity index is 2110. The van der Waals surface area contributed by atoms with E-state index < -0.39 is 20.6 Å². The average molecular weight is 680 g/mol. The molecule has 4 aromatic carbocycles. The summed E-state index contributed by atoms with van der Waals surface area (Å²) in [4.78, 5) is 13.9. The van der Waals surface area contributed by atoms with Crippen molar-refractivity contribution in [2.75, 3.05) is 10.6 Å². The number of rotatable bonds is 10. The Kier molecular flexibility index (Phi) is 9.62. The maximum absolute atomic E-state index is 12.0. The van der Waals surface area contributed by atoms with Crippen LogP contribution in [0.2, 0.25) is 5.28 Å². The SMILES string of the molecule is C=CS(=O)(=O)c1ccc(Nc2nc(Cl)nc(Nc3ccc4c(C)c(N=Nc5cc(SO)ccc5C)c(S(=C)O)cc4c3)n2)cc1. The molecule has 0 aliphatic rings. The number of fused-ring (bicyclic) bond motifs is 1. The number of aromatic nitrogens is 3. The van der Waals surface area contributed by atoms with Crippen molar-refractivity contribution in [2.45, 2.75) is 28.5 Å². The summed E-state index contributed by atoms with van der Waals surface area (Å²) in [6, 6.07) is 18.8. The minimum absolute atomic E-state index is 0.0606. The van der Waals surface area contributed by atoms with Gasteiger partial charge in [0.15, 0.2) is 9.84 Å². The van der Waals surface area contributed by atoms with Crippen molar-refractivity contribution in [2.24, 2.45) is 10.2 Å². The molecule has 0 radical (unpaired) electrons. The number of nitrogens with one attached hydrogen (secondary N) is 2. The molecule has 1 heterocycles. The number of sulfone groups is 1. The number of hydrogen-bond donors (Lipinski definition) is 4. The van der Waals surface area contributed by atoms with Gasteiger partial charge in [0.25, 0.3) is 0 Å². The zero-order valence-electron chi connectivity index (χ0n) is 23.9. The molecule has 0 amide bonds. The van der Waals surface area contributed by atoms with Gasteiger partial charge in [0, 0.05) is 33.7 Å². The molecule has 1 unspecified atom stereocenters. The van der Waals surface area contributed by atoms with Crippen LogP contribution in [-0.4, -0.2) is 38.3 Å². The summed E-state index contributed by atoms with van der Waals surface area (Å²) in [5.41, 5.74) is 3.99. The molecule has 0 fully saturated rings. The van der Waals surface area contributed by atoms with Crippen molar-refractivity contribution in [1.82, 2.24) is 15.0 Å². The van der Waals surface area contributed by atoms with E-state index in [4.69, 9.17) is 11.6 Å². The summed E-state index contributed by atoms with van der Waals surface area (Å²) in [7, 11) is -4.92. The molecule has 1 atom stereocenters. The highest BCUT2D eigenvalue weighted by atomic mass is 35.5. The molecule has 0 aliphatic heterocycles. The molecule has 230 valence electrons. The smallest absolute Gasteiger partial charge is 0.233 e. The van der Waals surface area contributed by atoms with Crippen LogP contribution in [0.15, 0.2) is 104 Å². The first-order valence-electron chi connectivity index (χ1n) is 13.0. The fraction of sp³-hybridized carbons (Fsp3) is 0.0667. The molecule has 5 aromatic rings. The monoisotopic (exact) mass is 679 g/mol. The highest BCUT2D eigenvalue weighted by molar-refractivity contribution is 8.09. The Morgan fingerprint density at radius 3 is 2.24 bits per heavy atom. The van der Waals surface area contributed by atoms with E-state index in [-0.39, 0.29) is 22.1 Å². The summed E-state index contributed by atoms with van der Waals surface area (Å²) in [6.07, 6.45) is 0. The second-order valence-corrected chi connectivity index (χ2v) is 13.7. The van der Waals surface area contributed by atoms with Crippen LogP contribution in [0.25, 0.3) is 10.8 Å². The van der Waals surface area contributed by atoms with E-state index in [2.05, 4.69) is 48.3 Å². The van der Waals surface area contributed by atoms with E-state index >= 15 is 0 Å². The van der Waals surface area contributed by atoms with E-state index in [0.29, 0.717) is 44.6 Å². The Morgan fingerprint density at radius 1 is 0.933 bits per heavy atom. The molecule has 5 rings (SSSR count). The minimum Gasteiger partial charge on any atom is -0.333 e. The van der Waals surface area contributed by atoms with Gasteiger partial charge in [-0.25, -0.2) is 8.42 Å². The van der Waals surface area contributed by atoms with Crippen LogP contribution in [-0.2, 0) is 9.84 Å². The fourth-order valence-corrected chi connectivity index (χ4v) is 6.17. The fourth-order valence-electron chi connectivity index (χ4n) is 4.33. The van der Waals surface area contributed by atoms with Crippen LogP contribution in [0.4, 0.5) is 34.6 Å². The van der Waals surface area contributed by atoms with Gasteiger partial charge in [-0.3, -0.25) is 0 Å². The summed E-state index contributed by atoms with van der Waals surface area (Å²) in [5.74, 6) is 4.14. The van der Waals surface area contributed by atoms with E-state index in [1.165, 1.54) is 12.1 Å². The molecule has 0 spiro atoms. The normalized spacial score (nSPS) is 12.4. The molecule has 15 heteroatoms. The standard InChI is InChI=1S/C30H26ClN7O4S3/c1-5-45(41,42)23-11-7-20(8-12-23)32-29-34-28(31)35-30(36-29)33-21-9-13-24-18(3)27(26(44(4)40)15-19(24)14-21)38-37-25-16-22(43-39)10-6-17(25)2/h5-16,39-40H,1,4H2,2-3H3,(H2,32,33,34,35,36). The first kappa shape index (κ1) is 32.2. The van der Waals surface area contributed by atoms with Crippen molar-refractivity contribution < 1.29 is 17.5 Å². The maximum Gasteiger partial charge on any atom is 0.233 e. The third-order valence-electron chi connectivity index (χ3n) is 6.65. The lowest BCUT2D eigenvalue weighted by atomic mass is 10.0. The van der Waals surface area contributed by atoms with E-state index in [1.54, 1.807) is 24.3 Å². The van der Waals surface area contributed by atoms with Gasteiger partial charge in [-0.2, -0.15) is 20.1 Å². The van der Waals surface area contributed by atoms with Crippen LogP contribution in [0.1, 0.15) is 11.1 Å². The zero-order valence-corrected chi connectivity index (χ0v) is 27.1. The van der Waals surface area contributed by atoms with E-state index in [1.807, 2.05) is 44.2 Å². The van der Waals surface area contributed by atoms with Gasteiger partial charge >= 0.3 is 0 Å². The number of anilines is 4. The predicted octanol–water partition coefficient (Wildman–Crippen LogP) is 9.21.